The molecule has 0 bridgehead atoms. The summed E-state index contributed by atoms with van der Waals surface area (Å²) in [6, 6.07) is 10.4. The van der Waals surface area contributed by atoms with Crippen molar-refractivity contribution in [2.45, 2.75) is 5.75 Å². The first-order valence-corrected chi connectivity index (χ1v) is 4.06. The molecule has 0 amide bonds. The SMILES string of the molecule is F[CH]SCc1ccccc1. The summed E-state index contributed by atoms with van der Waals surface area (Å²) in [5.74, 6) is 0.720. The summed E-state index contributed by atoms with van der Waals surface area (Å²) in [5.41, 5.74) is 1.15. The molecule has 0 saturated heterocycles. The standard InChI is InChI=1S/C8H8FS/c9-7-10-6-8-4-2-1-3-5-8/h1-5,7H,6H2. The van der Waals surface area contributed by atoms with Gasteiger partial charge in [-0.2, -0.15) is 0 Å². The maximum atomic E-state index is 11.5. The summed E-state index contributed by atoms with van der Waals surface area (Å²) in [6.07, 6.45) is 0. The lowest BCUT2D eigenvalue weighted by atomic mass is 10.2. The van der Waals surface area contributed by atoms with Gasteiger partial charge in [0.05, 0.1) is 0 Å². The van der Waals surface area contributed by atoms with Crippen molar-refractivity contribution in [2.75, 3.05) is 0 Å². The van der Waals surface area contributed by atoms with Crippen molar-refractivity contribution in [2.24, 2.45) is 0 Å². The molecule has 1 aromatic carbocycles. The lowest BCUT2D eigenvalue weighted by molar-refractivity contribution is 0.690. The van der Waals surface area contributed by atoms with E-state index in [2.05, 4.69) is 0 Å². The van der Waals surface area contributed by atoms with Crippen molar-refractivity contribution in [3.05, 3.63) is 41.9 Å². The largest absolute Gasteiger partial charge is 0.231 e. The van der Waals surface area contributed by atoms with Gasteiger partial charge in [-0.15, -0.1) is 11.8 Å². The Kier molecular flexibility index (Phi) is 3.30. The van der Waals surface area contributed by atoms with Gasteiger partial charge in [0.25, 0.3) is 0 Å². The number of hydrogen-bond acceptors (Lipinski definition) is 1. The fourth-order valence-corrected chi connectivity index (χ4v) is 1.15. The van der Waals surface area contributed by atoms with Gasteiger partial charge < -0.3 is 0 Å². The van der Waals surface area contributed by atoms with E-state index in [4.69, 9.17) is 0 Å². The van der Waals surface area contributed by atoms with Crippen LogP contribution in [-0.2, 0) is 5.75 Å². The fourth-order valence-electron chi connectivity index (χ4n) is 0.702. The molecule has 0 unspecified atom stereocenters. The molecule has 0 aliphatic carbocycles. The van der Waals surface area contributed by atoms with Gasteiger partial charge in [0, 0.05) is 5.75 Å². The first-order chi connectivity index (χ1) is 4.93. The highest BCUT2D eigenvalue weighted by Crippen LogP contribution is 2.13. The Labute approximate surface area is 64.4 Å². The summed E-state index contributed by atoms with van der Waals surface area (Å²) in [4.78, 5) is 0. The molecule has 0 aromatic heterocycles. The second-order valence-electron chi connectivity index (χ2n) is 1.89. The van der Waals surface area contributed by atoms with E-state index < -0.39 is 0 Å². The number of halogens is 1. The minimum absolute atomic E-state index is 0.618. The van der Waals surface area contributed by atoms with Crippen molar-refractivity contribution in [3.8, 4) is 0 Å². The highest BCUT2D eigenvalue weighted by Gasteiger charge is 1.89. The lowest BCUT2D eigenvalue weighted by Gasteiger charge is -1.94. The topological polar surface area (TPSA) is 0 Å². The molecule has 0 N–H and O–H groups in total. The molecule has 0 atom stereocenters. The van der Waals surface area contributed by atoms with E-state index in [-0.39, 0.29) is 0 Å². The molecular formula is C8H8FS. The van der Waals surface area contributed by atoms with Crippen molar-refractivity contribution in [3.63, 3.8) is 0 Å². The molecule has 0 aliphatic rings. The van der Waals surface area contributed by atoms with E-state index >= 15 is 0 Å². The van der Waals surface area contributed by atoms with Gasteiger partial charge in [-0.1, -0.05) is 30.3 Å². The Morgan fingerprint density at radius 1 is 1.30 bits per heavy atom. The Morgan fingerprint density at radius 3 is 2.60 bits per heavy atom. The second kappa shape index (κ2) is 4.34. The van der Waals surface area contributed by atoms with Crippen LogP contribution in [0.15, 0.2) is 30.3 Å². The summed E-state index contributed by atoms with van der Waals surface area (Å²) < 4.78 is 11.5. The van der Waals surface area contributed by atoms with Gasteiger partial charge in [-0.25, -0.2) is 4.39 Å². The maximum absolute atomic E-state index is 11.5. The molecule has 0 heterocycles. The fraction of sp³-hybridized carbons (Fsp3) is 0.125. The zero-order chi connectivity index (χ0) is 7.23. The van der Waals surface area contributed by atoms with E-state index in [9.17, 15) is 4.39 Å². The van der Waals surface area contributed by atoms with Crippen LogP contribution in [0.5, 0.6) is 0 Å². The van der Waals surface area contributed by atoms with Crippen molar-refractivity contribution in [1.29, 1.82) is 0 Å². The van der Waals surface area contributed by atoms with Gasteiger partial charge in [0.15, 0.2) is 6.01 Å². The maximum Gasteiger partial charge on any atom is 0.186 e. The quantitative estimate of drug-likeness (QED) is 0.646. The molecular weight excluding hydrogens is 147 g/mol. The van der Waals surface area contributed by atoms with E-state index in [1.165, 1.54) is 11.8 Å². The first kappa shape index (κ1) is 7.61. The molecule has 0 nitrogen and oxygen atoms in total. The predicted molar refractivity (Wildman–Crippen MR) is 43.1 cm³/mol. The van der Waals surface area contributed by atoms with Crippen LogP contribution in [0.4, 0.5) is 4.39 Å². The van der Waals surface area contributed by atoms with Crippen molar-refractivity contribution in [1.82, 2.24) is 0 Å². The molecule has 0 aliphatic heterocycles. The predicted octanol–water partition coefficient (Wildman–Crippen LogP) is 3.01. The van der Waals surface area contributed by atoms with Gasteiger partial charge in [0.2, 0.25) is 0 Å². The molecule has 1 radical (unpaired) electrons. The molecule has 0 saturated carbocycles. The van der Waals surface area contributed by atoms with Gasteiger partial charge >= 0.3 is 0 Å². The number of thioether (sulfide) groups is 1. The number of rotatable bonds is 3. The van der Waals surface area contributed by atoms with Crippen LogP contribution in [0.3, 0.4) is 0 Å². The molecule has 1 rings (SSSR count). The number of benzene rings is 1. The van der Waals surface area contributed by atoms with Gasteiger partial charge in [0.1, 0.15) is 0 Å². The summed E-state index contributed by atoms with van der Waals surface area (Å²) in [6.45, 7) is 0. The van der Waals surface area contributed by atoms with Gasteiger partial charge in [-0.05, 0) is 5.56 Å². The van der Waals surface area contributed by atoms with Crippen molar-refractivity contribution < 1.29 is 4.39 Å². The minimum Gasteiger partial charge on any atom is -0.231 e. The molecule has 53 valence electrons. The summed E-state index contributed by atoms with van der Waals surface area (Å²) >= 11 is 1.17. The zero-order valence-electron chi connectivity index (χ0n) is 5.46. The third-order valence-corrected chi connectivity index (χ3v) is 1.78. The van der Waals surface area contributed by atoms with Crippen LogP contribution in [0.1, 0.15) is 5.56 Å². The van der Waals surface area contributed by atoms with Crippen molar-refractivity contribution >= 4 is 11.8 Å². The highest BCUT2D eigenvalue weighted by molar-refractivity contribution is 8.00. The van der Waals surface area contributed by atoms with Crippen LogP contribution >= 0.6 is 11.8 Å². The highest BCUT2D eigenvalue weighted by atomic mass is 32.2. The van der Waals surface area contributed by atoms with E-state index in [0.29, 0.717) is 6.01 Å². The van der Waals surface area contributed by atoms with Gasteiger partial charge in [-0.3, -0.25) is 0 Å². The number of hydrogen-bond donors (Lipinski definition) is 0. The Morgan fingerprint density at radius 2 is 2.00 bits per heavy atom. The van der Waals surface area contributed by atoms with E-state index in [1.54, 1.807) is 0 Å². The van der Waals surface area contributed by atoms with Crippen LogP contribution < -0.4 is 0 Å². The van der Waals surface area contributed by atoms with Crippen LogP contribution in [0.25, 0.3) is 0 Å². The Hall–Kier alpha value is -0.500. The van der Waals surface area contributed by atoms with E-state index in [0.717, 1.165) is 11.3 Å². The molecule has 0 spiro atoms. The Balaban J connectivity index is 2.43. The smallest absolute Gasteiger partial charge is 0.186 e. The average molecular weight is 155 g/mol. The van der Waals surface area contributed by atoms with E-state index in [1.807, 2.05) is 30.3 Å². The molecule has 10 heavy (non-hydrogen) atoms. The lowest BCUT2D eigenvalue weighted by Crippen LogP contribution is -1.75. The first-order valence-electron chi connectivity index (χ1n) is 3.01. The normalized spacial score (nSPS) is 9.70. The van der Waals surface area contributed by atoms with Crippen LogP contribution in [0, 0.1) is 6.01 Å². The average Bonchev–Trinajstić information content (AvgIpc) is 2.03. The summed E-state index contributed by atoms with van der Waals surface area (Å²) in [5, 5.41) is 0. The monoisotopic (exact) mass is 155 g/mol. The minimum atomic E-state index is 0.618. The molecule has 1 aromatic rings. The van der Waals surface area contributed by atoms with Crippen LogP contribution in [0.2, 0.25) is 0 Å². The zero-order valence-corrected chi connectivity index (χ0v) is 6.27. The second-order valence-corrected chi connectivity index (χ2v) is 2.69. The third kappa shape index (κ3) is 2.40. The Bertz CT molecular complexity index is 174. The van der Waals surface area contributed by atoms with Crippen LogP contribution in [-0.4, -0.2) is 0 Å². The molecule has 0 fully saturated rings. The summed E-state index contributed by atoms with van der Waals surface area (Å²) in [7, 11) is 0. The third-order valence-electron chi connectivity index (χ3n) is 1.16. The molecule has 2 heteroatoms.